The molecule has 0 aliphatic rings. The van der Waals surface area contributed by atoms with Crippen molar-refractivity contribution in [1.29, 1.82) is 0 Å². The Bertz CT molecular complexity index is 295. The van der Waals surface area contributed by atoms with Crippen LogP contribution in [0.4, 0.5) is 0 Å². The smallest absolute Gasteiger partial charge is 0.237 e. The molecule has 0 bridgehead atoms. The molecule has 1 atom stereocenters. The summed E-state index contributed by atoms with van der Waals surface area (Å²) >= 11 is 0. The maximum absolute atomic E-state index is 12.5. The summed E-state index contributed by atoms with van der Waals surface area (Å²) in [7, 11) is 0. The van der Waals surface area contributed by atoms with Gasteiger partial charge in [-0.1, -0.05) is 20.8 Å². The molecule has 1 N–H and O–H groups in total. The molecule has 0 fully saturated rings. The van der Waals surface area contributed by atoms with E-state index in [1.54, 1.807) is 18.7 Å². The Morgan fingerprint density at radius 2 is 1.58 bits per heavy atom. The fourth-order valence-corrected chi connectivity index (χ4v) is 1.85. The molecule has 112 valence electrons. The second kappa shape index (κ2) is 8.18. The summed E-state index contributed by atoms with van der Waals surface area (Å²) in [6.45, 7) is 12.9. The van der Waals surface area contributed by atoms with E-state index in [-0.39, 0.29) is 17.9 Å². The van der Waals surface area contributed by atoms with Crippen molar-refractivity contribution in [2.75, 3.05) is 13.1 Å². The summed E-state index contributed by atoms with van der Waals surface area (Å²) in [5.74, 6) is -0.249. The number of nitrogens with one attached hydrogen (secondary N) is 1. The third kappa shape index (κ3) is 5.21. The van der Waals surface area contributed by atoms with Gasteiger partial charge in [0.15, 0.2) is 0 Å². The number of carbonyl (C=O) groups is 2. The van der Waals surface area contributed by atoms with Crippen molar-refractivity contribution in [3.05, 3.63) is 0 Å². The summed E-state index contributed by atoms with van der Waals surface area (Å²) in [6.07, 6.45) is 2.69. The summed E-state index contributed by atoms with van der Waals surface area (Å²) in [5, 5.41) is 2.90. The van der Waals surface area contributed by atoms with Gasteiger partial charge in [-0.05, 0) is 40.0 Å². The van der Waals surface area contributed by atoms with E-state index in [1.165, 1.54) is 0 Å². The summed E-state index contributed by atoms with van der Waals surface area (Å²) < 4.78 is 0. The SMILES string of the molecule is CCCN(CCC)C(=O)C(C)(C)C(=O)NC(C)CC. The van der Waals surface area contributed by atoms with E-state index >= 15 is 0 Å². The minimum Gasteiger partial charge on any atom is -0.353 e. The van der Waals surface area contributed by atoms with E-state index in [1.807, 2.05) is 27.7 Å². The zero-order valence-electron chi connectivity index (χ0n) is 13.4. The molecule has 0 aromatic carbocycles. The van der Waals surface area contributed by atoms with Gasteiger partial charge in [0.05, 0.1) is 0 Å². The van der Waals surface area contributed by atoms with Gasteiger partial charge in [-0.3, -0.25) is 9.59 Å². The molecule has 0 rings (SSSR count). The molecule has 4 heteroatoms. The second-order valence-corrected chi connectivity index (χ2v) is 5.70. The van der Waals surface area contributed by atoms with Crippen LogP contribution in [0.5, 0.6) is 0 Å². The molecule has 0 spiro atoms. The third-order valence-corrected chi connectivity index (χ3v) is 3.37. The molecule has 0 radical (unpaired) electrons. The fourth-order valence-electron chi connectivity index (χ4n) is 1.85. The first-order valence-electron chi connectivity index (χ1n) is 7.41. The lowest BCUT2D eigenvalue weighted by molar-refractivity contribution is -0.148. The summed E-state index contributed by atoms with van der Waals surface area (Å²) in [4.78, 5) is 26.6. The van der Waals surface area contributed by atoms with E-state index < -0.39 is 5.41 Å². The van der Waals surface area contributed by atoms with Crippen molar-refractivity contribution in [2.45, 2.75) is 66.8 Å². The molecule has 1 unspecified atom stereocenters. The van der Waals surface area contributed by atoms with Crippen molar-refractivity contribution < 1.29 is 9.59 Å². The van der Waals surface area contributed by atoms with Crippen LogP contribution < -0.4 is 5.32 Å². The predicted molar refractivity (Wildman–Crippen MR) is 78.8 cm³/mol. The molecule has 0 aliphatic heterocycles. The van der Waals surface area contributed by atoms with Gasteiger partial charge in [-0.2, -0.15) is 0 Å². The topological polar surface area (TPSA) is 49.4 Å². The van der Waals surface area contributed by atoms with E-state index in [0.717, 1.165) is 19.3 Å². The standard InChI is InChI=1S/C15H30N2O2/c1-7-10-17(11-8-2)14(19)15(5,6)13(18)16-12(4)9-3/h12H,7-11H2,1-6H3,(H,16,18). The molecule has 0 aliphatic carbocycles. The van der Waals surface area contributed by atoms with Crippen molar-refractivity contribution in [1.82, 2.24) is 10.2 Å². The highest BCUT2D eigenvalue weighted by Gasteiger charge is 2.39. The van der Waals surface area contributed by atoms with Crippen LogP contribution in [0.2, 0.25) is 0 Å². The Kier molecular flexibility index (Phi) is 7.72. The monoisotopic (exact) mass is 270 g/mol. The lowest BCUT2D eigenvalue weighted by atomic mass is 9.89. The quantitative estimate of drug-likeness (QED) is 0.689. The number of hydrogen-bond donors (Lipinski definition) is 1. The second-order valence-electron chi connectivity index (χ2n) is 5.70. The van der Waals surface area contributed by atoms with E-state index in [0.29, 0.717) is 13.1 Å². The van der Waals surface area contributed by atoms with Gasteiger partial charge in [0, 0.05) is 19.1 Å². The Morgan fingerprint density at radius 1 is 1.11 bits per heavy atom. The van der Waals surface area contributed by atoms with Crippen molar-refractivity contribution in [3.63, 3.8) is 0 Å². The molecule has 2 amide bonds. The summed E-state index contributed by atoms with van der Waals surface area (Å²) in [5.41, 5.74) is -0.992. The number of hydrogen-bond acceptors (Lipinski definition) is 2. The first kappa shape index (κ1) is 17.9. The Labute approximate surface area is 117 Å². The predicted octanol–water partition coefficient (Wildman–Crippen LogP) is 2.58. The van der Waals surface area contributed by atoms with Crippen LogP contribution in [0.3, 0.4) is 0 Å². The van der Waals surface area contributed by atoms with E-state index in [9.17, 15) is 9.59 Å². The third-order valence-electron chi connectivity index (χ3n) is 3.37. The van der Waals surface area contributed by atoms with E-state index in [2.05, 4.69) is 5.32 Å². The van der Waals surface area contributed by atoms with Crippen LogP contribution in [-0.4, -0.2) is 35.8 Å². The molecule has 0 aromatic heterocycles. The van der Waals surface area contributed by atoms with Crippen LogP contribution in [0.15, 0.2) is 0 Å². The first-order chi connectivity index (χ1) is 8.81. The summed E-state index contributed by atoms with van der Waals surface area (Å²) in [6, 6.07) is 0.102. The van der Waals surface area contributed by atoms with Gasteiger partial charge in [0.2, 0.25) is 11.8 Å². The molecule has 0 saturated heterocycles. The Balaban J connectivity index is 4.84. The first-order valence-corrected chi connectivity index (χ1v) is 7.41. The van der Waals surface area contributed by atoms with Crippen LogP contribution in [-0.2, 0) is 9.59 Å². The Hall–Kier alpha value is -1.06. The van der Waals surface area contributed by atoms with Crippen molar-refractivity contribution in [3.8, 4) is 0 Å². The molecule has 4 nitrogen and oxygen atoms in total. The zero-order valence-corrected chi connectivity index (χ0v) is 13.4. The molecular weight excluding hydrogens is 240 g/mol. The highest BCUT2D eigenvalue weighted by atomic mass is 16.2. The molecular formula is C15H30N2O2. The van der Waals surface area contributed by atoms with Crippen molar-refractivity contribution in [2.24, 2.45) is 5.41 Å². The van der Waals surface area contributed by atoms with Crippen LogP contribution in [0.1, 0.15) is 60.8 Å². The van der Waals surface area contributed by atoms with Crippen molar-refractivity contribution >= 4 is 11.8 Å². The fraction of sp³-hybridized carbons (Fsp3) is 0.867. The number of carbonyl (C=O) groups excluding carboxylic acids is 2. The van der Waals surface area contributed by atoms with E-state index in [4.69, 9.17) is 0 Å². The van der Waals surface area contributed by atoms with Gasteiger partial charge in [0.25, 0.3) is 0 Å². The average Bonchev–Trinajstić information content (AvgIpc) is 2.37. The van der Waals surface area contributed by atoms with Gasteiger partial charge in [-0.25, -0.2) is 0 Å². The highest BCUT2D eigenvalue weighted by Crippen LogP contribution is 2.20. The largest absolute Gasteiger partial charge is 0.353 e. The van der Waals surface area contributed by atoms with Crippen LogP contribution in [0.25, 0.3) is 0 Å². The maximum atomic E-state index is 12.5. The maximum Gasteiger partial charge on any atom is 0.237 e. The highest BCUT2D eigenvalue weighted by molar-refractivity contribution is 6.04. The molecule has 0 aromatic rings. The number of nitrogens with zero attached hydrogens (tertiary/aromatic N) is 1. The van der Waals surface area contributed by atoms with Crippen LogP contribution in [0, 0.1) is 5.41 Å². The molecule has 0 heterocycles. The lowest BCUT2D eigenvalue weighted by Crippen LogP contribution is -2.51. The minimum absolute atomic E-state index is 0.0722. The average molecular weight is 270 g/mol. The Morgan fingerprint density at radius 3 is 1.95 bits per heavy atom. The normalized spacial score (nSPS) is 12.9. The number of rotatable bonds is 8. The minimum atomic E-state index is -0.992. The molecule has 0 saturated carbocycles. The molecule has 19 heavy (non-hydrogen) atoms. The van der Waals surface area contributed by atoms with Gasteiger partial charge < -0.3 is 10.2 Å². The zero-order chi connectivity index (χ0) is 15.1. The van der Waals surface area contributed by atoms with Gasteiger partial charge >= 0.3 is 0 Å². The van der Waals surface area contributed by atoms with Crippen LogP contribution >= 0.6 is 0 Å². The number of amides is 2. The lowest BCUT2D eigenvalue weighted by Gasteiger charge is -2.31. The van der Waals surface area contributed by atoms with Gasteiger partial charge in [0.1, 0.15) is 5.41 Å². The van der Waals surface area contributed by atoms with Gasteiger partial charge in [-0.15, -0.1) is 0 Å².